The number of nitrogens with zero attached hydrogens (tertiary/aromatic N) is 2. The van der Waals surface area contributed by atoms with Gasteiger partial charge in [-0.15, -0.1) is 0 Å². The minimum atomic E-state index is -0.569. The molecule has 3 nitrogen and oxygen atoms in total. The van der Waals surface area contributed by atoms with Crippen molar-refractivity contribution in [3.05, 3.63) is 41.2 Å². The lowest BCUT2D eigenvalue weighted by Crippen LogP contribution is -1.95. The van der Waals surface area contributed by atoms with Gasteiger partial charge in [0.25, 0.3) is 0 Å². The van der Waals surface area contributed by atoms with Crippen LogP contribution < -0.4 is 5.73 Å². The number of aryl methyl sites for hydroxylation is 2. The average molecular weight is 241 g/mol. The maximum absolute atomic E-state index is 12.9. The monoisotopic (exact) mass is 241 g/mol. The number of hydrogen-bond donors (Lipinski definition) is 1. The van der Waals surface area contributed by atoms with Gasteiger partial charge in [0.05, 0.1) is 0 Å². The highest BCUT2D eigenvalue weighted by Crippen LogP contribution is 2.12. The second-order valence-corrected chi connectivity index (χ2v) is 4.11. The smallest absolute Gasteiger partial charge is 0.199 e. The van der Waals surface area contributed by atoms with Gasteiger partial charge in [-0.25, -0.2) is 13.8 Å². The molecule has 0 amide bonds. The highest BCUT2D eigenvalue weighted by Gasteiger charge is 2.04. The van der Waals surface area contributed by atoms with Crippen molar-refractivity contribution >= 4 is 16.7 Å². The topological polar surface area (TPSA) is 51.8 Å². The molecule has 1 heterocycles. The molecular formula is C10H9F2N3S. The van der Waals surface area contributed by atoms with Gasteiger partial charge in [-0.2, -0.15) is 4.37 Å². The molecule has 0 saturated heterocycles. The van der Waals surface area contributed by atoms with Crippen molar-refractivity contribution in [2.75, 3.05) is 5.73 Å². The number of nitrogen functional groups attached to an aromatic ring is 1. The summed E-state index contributed by atoms with van der Waals surface area (Å²) in [4.78, 5) is 3.97. The summed E-state index contributed by atoms with van der Waals surface area (Å²) in [7, 11) is 0. The van der Waals surface area contributed by atoms with E-state index in [-0.39, 0.29) is 0 Å². The zero-order chi connectivity index (χ0) is 11.5. The third-order valence-corrected chi connectivity index (χ3v) is 2.62. The van der Waals surface area contributed by atoms with Crippen LogP contribution >= 0.6 is 11.5 Å². The van der Waals surface area contributed by atoms with E-state index in [9.17, 15) is 8.78 Å². The number of anilines is 1. The van der Waals surface area contributed by atoms with Crippen LogP contribution in [0, 0.1) is 11.6 Å². The predicted octanol–water partition coefficient (Wildman–Crippen LogP) is 2.18. The Morgan fingerprint density at radius 1 is 1.12 bits per heavy atom. The quantitative estimate of drug-likeness (QED) is 0.896. The Bertz CT molecular complexity index is 478. The van der Waals surface area contributed by atoms with Crippen molar-refractivity contribution in [1.29, 1.82) is 0 Å². The second-order valence-electron chi connectivity index (χ2n) is 3.33. The number of hydrogen-bond acceptors (Lipinski definition) is 4. The first-order chi connectivity index (χ1) is 7.63. The molecular weight excluding hydrogens is 232 g/mol. The highest BCUT2D eigenvalue weighted by molar-refractivity contribution is 7.09. The molecule has 84 valence electrons. The Morgan fingerprint density at radius 3 is 2.38 bits per heavy atom. The molecule has 0 bridgehead atoms. The lowest BCUT2D eigenvalue weighted by Gasteiger charge is -1.99. The van der Waals surface area contributed by atoms with E-state index in [2.05, 4.69) is 9.36 Å². The molecule has 16 heavy (non-hydrogen) atoms. The van der Waals surface area contributed by atoms with Crippen LogP contribution in [-0.2, 0) is 12.8 Å². The van der Waals surface area contributed by atoms with Crippen LogP contribution in [-0.4, -0.2) is 9.36 Å². The van der Waals surface area contributed by atoms with Crippen LogP contribution in [0.3, 0.4) is 0 Å². The number of nitrogens with two attached hydrogens (primary N) is 1. The molecule has 0 atom stereocenters. The van der Waals surface area contributed by atoms with Gasteiger partial charge in [0, 0.05) is 24.0 Å². The molecule has 0 unspecified atom stereocenters. The lowest BCUT2D eigenvalue weighted by atomic mass is 10.1. The summed E-state index contributed by atoms with van der Waals surface area (Å²) in [6.45, 7) is 0. The summed E-state index contributed by atoms with van der Waals surface area (Å²) in [5.41, 5.74) is 6.01. The molecule has 2 N–H and O–H groups in total. The largest absolute Gasteiger partial charge is 0.374 e. The van der Waals surface area contributed by atoms with E-state index in [0.29, 0.717) is 29.4 Å². The Hall–Kier alpha value is -1.56. The summed E-state index contributed by atoms with van der Waals surface area (Å²) >= 11 is 1.11. The standard InChI is InChI=1S/C10H9F2N3S/c11-7-3-6(4-8(12)5-7)1-2-9-14-10(13)16-15-9/h3-5H,1-2H2,(H2,13,14,15). The van der Waals surface area contributed by atoms with E-state index in [4.69, 9.17) is 5.73 Å². The molecule has 0 saturated carbocycles. The molecule has 0 spiro atoms. The first-order valence-corrected chi connectivity index (χ1v) is 5.44. The molecule has 2 rings (SSSR count). The van der Waals surface area contributed by atoms with Gasteiger partial charge in [0.2, 0.25) is 0 Å². The van der Waals surface area contributed by atoms with Gasteiger partial charge in [-0.1, -0.05) is 0 Å². The number of benzene rings is 1. The van der Waals surface area contributed by atoms with Crippen LogP contribution in [0.5, 0.6) is 0 Å². The molecule has 0 aliphatic rings. The van der Waals surface area contributed by atoms with Gasteiger partial charge in [0.1, 0.15) is 17.5 Å². The third kappa shape index (κ3) is 2.73. The van der Waals surface area contributed by atoms with E-state index >= 15 is 0 Å². The van der Waals surface area contributed by atoms with Crippen molar-refractivity contribution in [1.82, 2.24) is 9.36 Å². The molecule has 2 aromatic rings. The summed E-state index contributed by atoms with van der Waals surface area (Å²) < 4.78 is 29.7. The third-order valence-electron chi connectivity index (χ3n) is 2.04. The van der Waals surface area contributed by atoms with E-state index in [1.165, 1.54) is 12.1 Å². The second kappa shape index (κ2) is 4.52. The van der Waals surface area contributed by atoms with E-state index in [0.717, 1.165) is 17.6 Å². The number of halogens is 2. The first kappa shape index (κ1) is 10.9. The van der Waals surface area contributed by atoms with Gasteiger partial charge in [0.15, 0.2) is 5.13 Å². The molecule has 0 aliphatic heterocycles. The van der Waals surface area contributed by atoms with Crippen LogP contribution in [0.25, 0.3) is 0 Å². The molecule has 1 aromatic carbocycles. The normalized spacial score (nSPS) is 10.6. The average Bonchev–Trinajstić information content (AvgIpc) is 2.60. The first-order valence-electron chi connectivity index (χ1n) is 4.66. The van der Waals surface area contributed by atoms with Crippen LogP contribution in [0.1, 0.15) is 11.4 Å². The van der Waals surface area contributed by atoms with Crippen LogP contribution in [0.4, 0.5) is 13.9 Å². The van der Waals surface area contributed by atoms with Gasteiger partial charge in [-0.05, 0) is 24.1 Å². The van der Waals surface area contributed by atoms with Gasteiger partial charge < -0.3 is 5.73 Å². The maximum atomic E-state index is 12.9. The van der Waals surface area contributed by atoms with E-state index in [1.807, 2.05) is 0 Å². The van der Waals surface area contributed by atoms with Crippen LogP contribution in [0.2, 0.25) is 0 Å². The Labute approximate surface area is 95.1 Å². The van der Waals surface area contributed by atoms with Crippen molar-refractivity contribution in [3.8, 4) is 0 Å². The van der Waals surface area contributed by atoms with Crippen molar-refractivity contribution in [2.24, 2.45) is 0 Å². The highest BCUT2D eigenvalue weighted by atomic mass is 32.1. The van der Waals surface area contributed by atoms with E-state index in [1.54, 1.807) is 0 Å². The minimum absolute atomic E-state index is 0.403. The maximum Gasteiger partial charge on any atom is 0.199 e. The molecule has 6 heteroatoms. The number of rotatable bonds is 3. The number of aromatic nitrogens is 2. The summed E-state index contributed by atoms with van der Waals surface area (Å²) in [5, 5.41) is 0.403. The fourth-order valence-electron chi connectivity index (χ4n) is 1.38. The van der Waals surface area contributed by atoms with Crippen molar-refractivity contribution < 1.29 is 8.78 Å². The Morgan fingerprint density at radius 2 is 1.81 bits per heavy atom. The summed E-state index contributed by atoms with van der Waals surface area (Å²) in [6.07, 6.45) is 1.02. The lowest BCUT2D eigenvalue weighted by molar-refractivity contribution is 0.579. The van der Waals surface area contributed by atoms with Crippen molar-refractivity contribution in [3.63, 3.8) is 0 Å². The van der Waals surface area contributed by atoms with Gasteiger partial charge >= 0.3 is 0 Å². The zero-order valence-electron chi connectivity index (χ0n) is 8.28. The molecule has 0 fully saturated rings. The fraction of sp³-hybridized carbons (Fsp3) is 0.200. The fourth-order valence-corrected chi connectivity index (χ4v) is 1.86. The SMILES string of the molecule is Nc1nc(CCc2cc(F)cc(F)c2)ns1. The Kier molecular flexibility index (Phi) is 3.09. The summed E-state index contributed by atoms with van der Waals surface area (Å²) in [6, 6.07) is 3.46. The predicted molar refractivity (Wildman–Crippen MR) is 58.1 cm³/mol. The van der Waals surface area contributed by atoms with Crippen molar-refractivity contribution in [2.45, 2.75) is 12.8 Å². The Balaban J connectivity index is 2.04. The van der Waals surface area contributed by atoms with Crippen LogP contribution in [0.15, 0.2) is 18.2 Å². The minimum Gasteiger partial charge on any atom is -0.374 e. The zero-order valence-corrected chi connectivity index (χ0v) is 9.10. The molecule has 0 radical (unpaired) electrons. The summed E-state index contributed by atoms with van der Waals surface area (Å²) in [5.74, 6) is -0.534. The molecule has 1 aromatic heterocycles. The van der Waals surface area contributed by atoms with Gasteiger partial charge in [-0.3, -0.25) is 0 Å². The molecule has 0 aliphatic carbocycles. The van der Waals surface area contributed by atoms with E-state index < -0.39 is 11.6 Å².